The minimum atomic E-state index is -3.70. The molecule has 2 aromatic heterocycles. The molecular weight excluding hydrogens is 328 g/mol. The first-order valence-corrected chi connectivity index (χ1v) is 9.34. The van der Waals surface area contributed by atoms with Gasteiger partial charge in [0.1, 0.15) is 16.4 Å². The molecule has 1 aliphatic rings. The molecule has 0 radical (unpaired) electrons. The van der Waals surface area contributed by atoms with Crippen molar-refractivity contribution in [3.63, 3.8) is 0 Å². The van der Waals surface area contributed by atoms with Crippen molar-refractivity contribution in [3.8, 4) is 0 Å². The lowest BCUT2D eigenvalue weighted by Crippen LogP contribution is -2.25. The van der Waals surface area contributed by atoms with Crippen LogP contribution in [0.2, 0.25) is 0 Å². The predicted octanol–water partition coefficient (Wildman–Crippen LogP) is 2.45. The second-order valence-electron chi connectivity index (χ2n) is 6.10. The molecule has 1 N–H and O–H groups in total. The zero-order valence-corrected chi connectivity index (χ0v) is 14.3. The average Bonchev–Trinajstić information content (AvgIpc) is 3.22. The van der Waals surface area contributed by atoms with Gasteiger partial charge < -0.3 is 9.09 Å². The summed E-state index contributed by atoms with van der Waals surface area (Å²) in [6.45, 7) is 3.34. The Kier molecular flexibility index (Phi) is 3.47. The molecule has 0 atom stereocenters. The van der Waals surface area contributed by atoms with Crippen molar-refractivity contribution in [1.29, 1.82) is 0 Å². The lowest BCUT2D eigenvalue weighted by atomic mass is 10.3. The molecule has 1 aromatic carbocycles. The maximum atomic E-state index is 12.6. The van der Waals surface area contributed by atoms with Gasteiger partial charge >= 0.3 is 0 Å². The molecule has 1 aliphatic carbocycles. The maximum Gasteiger partial charge on any atom is 0.246 e. The second-order valence-corrected chi connectivity index (χ2v) is 7.80. The molecule has 126 valence electrons. The topological polar surface area (TPSA) is 90.0 Å². The zero-order valence-electron chi connectivity index (χ0n) is 13.5. The Bertz CT molecular complexity index is 996. The predicted molar refractivity (Wildman–Crippen MR) is 88.0 cm³/mol. The van der Waals surface area contributed by atoms with E-state index in [1.165, 1.54) is 0 Å². The van der Waals surface area contributed by atoms with Crippen LogP contribution in [-0.2, 0) is 16.6 Å². The summed E-state index contributed by atoms with van der Waals surface area (Å²) in [4.78, 5) is 4.71. The summed E-state index contributed by atoms with van der Waals surface area (Å²) in [5.74, 6) is 1.02. The van der Waals surface area contributed by atoms with Crippen molar-refractivity contribution in [1.82, 2.24) is 19.4 Å². The van der Waals surface area contributed by atoms with Crippen molar-refractivity contribution < 1.29 is 12.9 Å². The molecule has 24 heavy (non-hydrogen) atoms. The highest BCUT2D eigenvalue weighted by Crippen LogP contribution is 2.38. The monoisotopic (exact) mass is 346 g/mol. The number of fused-ring (bicyclic) bond motifs is 1. The molecule has 0 saturated heterocycles. The van der Waals surface area contributed by atoms with E-state index in [-0.39, 0.29) is 17.2 Å². The number of sulfonamides is 1. The van der Waals surface area contributed by atoms with Crippen LogP contribution >= 0.6 is 0 Å². The minimum absolute atomic E-state index is 0.108. The van der Waals surface area contributed by atoms with E-state index in [2.05, 4.69) is 19.4 Å². The fraction of sp³-hybridized carbons (Fsp3) is 0.375. The maximum absolute atomic E-state index is 12.6. The van der Waals surface area contributed by atoms with Gasteiger partial charge in [-0.3, -0.25) is 0 Å². The fourth-order valence-corrected chi connectivity index (χ4v) is 4.35. The van der Waals surface area contributed by atoms with Crippen LogP contribution in [0.5, 0.6) is 0 Å². The van der Waals surface area contributed by atoms with Gasteiger partial charge in [-0.1, -0.05) is 17.3 Å². The fourth-order valence-electron chi connectivity index (χ4n) is 3.05. The summed E-state index contributed by atoms with van der Waals surface area (Å²) >= 11 is 0. The summed E-state index contributed by atoms with van der Waals surface area (Å²) in [6, 6.07) is 8.29. The van der Waals surface area contributed by atoms with E-state index < -0.39 is 10.0 Å². The van der Waals surface area contributed by atoms with E-state index in [1.807, 2.05) is 24.3 Å². The number of nitrogens with one attached hydrogen (secondary N) is 1. The molecule has 0 unspecified atom stereocenters. The van der Waals surface area contributed by atoms with E-state index in [4.69, 9.17) is 4.52 Å². The highest BCUT2D eigenvalue weighted by molar-refractivity contribution is 7.89. The van der Waals surface area contributed by atoms with Crippen molar-refractivity contribution >= 4 is 21.1 Å². The largest absolute Gasteiger partial charge is 0.360 e. The number of imidazole rings is 1. The van der Waals surface area contributed by atoms with Crippen LogP contribution in [0.3, 0.4) is 0 Å². The van der Waals surface area contributed by atoms with Gasteiger partial charge in [-0.05, 0) is 38.8 Å². The normalized spacial score (nSPS) is 15.2. The quantitative estimate of drug-likeness (QED) is 0.766. The van der Waals surface area contributed by atoms with Gasteiger partial charge in [0, 0.05) is 6.04 Å². The molecule has 7 nitrogen and oxygen atoms in total. The van der Waals surface area contributed by atoms with Gasteiger partial charge in [0.05, 0.1) is 17.6 Å². The number of hydrogen-bond donors (Lipinski definition) is 1. The van der Waals surface area contributed by atoms with Crippen LogP contribution in [0.1, 0.15) is 36.2 Å². The van der Waals surface area contributed by atoms with Gasteiger partial charge in [0.2, 0.25) is 10.0 Å². The molecule has 1 saturated carbocycles. The van der Waals surface area contributed by atoms with Crippen molar-refractivity contribution in [3.05, 3.63) is 41.5 Å². The van der Waals surface area contributed by atoms with Gasteiger partial charge in [-0.15, -0.1) is 0 Å². The first-order valence-electron chi connectivity index (χ1n) is 7.86. The van der Waals surface area contributed by atoms with Crippen LogP contribution in [0.4, 0.5) is 0 Å². The molecule has 8 heteroatoms. The van der Waals surface area contributed by atoms with E-state index >= 15 is 0 Å². The van der Waals surface area contributed by atoms with E-state index in [1.54, 1.807) is 13.8 Å². The molecular formula is C16H18N4O3S. The average molecular weight is 346 g/mol. The Morgan fingerprint density at radius 2 is 2.04 bits per heavy atom. The Balaban J connectivity index is 1.67. The van der Waals surface area contributed by atoms with Gasteiger partial charge in [0.25, 0.3) is 0 Å². The lowest BCUT2D eigenvalue weighted by molar-refractivity contribution is 0.390. The standard InChI is InChI=1S/C16H18N4O3S/c1-10-16(11(2)23-19-10)24(21,22)17-9-15-18-13-5-3-4-6-14(13)20(15)12-7-8-12/h3-6,12,17H,7-9H2,1-2H3. The molecule has 1 fully saturated rings. The number of nitrogens with zero attached hydrogens (tertiary/aromatic N) is 3. The first kappa shape index (κ1) is 15.3. The highest BCUT2D eigenvalue weighted by atomic mass is 32.2. The van der Waals surface area contributed by atoms with E-state index in [9.17, 15) is 8.42 Å². The summed E-state index contributed by atoms with van der Waals surface area (Å²) in [5, 5.41) is 3.71. The Morgan fingerprint density at radius 1 is 1.29 bits per heavy atom. The Labute approximate surface area is 139 Å². The SMILES string of the molecule is Cc1noc(C)c1S(=O)(=O)NCc1nc2ccccc2n1C1CC1. The third-order valence-electron chi connectivity index (χ3n) is 4.24. The number of aryl methyl sites for hydroxylation is 2. The summed E-state index contributed by atoms with van der Waals surface area (Å²) in [5.41, 5.74) is 2.29. The second kappa shape index (κ2) is 5.42. The van der Waals surface area contributed by atoms with Gasteiger partial charge in [-0.2, -0.15) is 0 Å². The smallest absolute Gasteiger partial charge is 0.246 e. The number of hydrogen-bond acceptors (Lipinski definition) is 5. The summed E-state index contributed by atoms with van der Waals surface area (Å²) < 4.78 is 34.9. The zero-order chi connectivity index (χ0) is 16.9. The Hall–Kier alpha value is -2.19. The van der Waals surface area contributed by atoms with Crippen LogP contribution in [0.25, 0.3) is 11.0 Å². The van der Waals surface area contributed by atoms with Crippen LogP contribution in [0.15, 0.2) is 33.7 Å². The number of benzene rings is 1. The van der Waals surface area contributed by atoms with Crippen molar-refractivity contribution in [2.75, 3.05) is 0 Å². The van der Waals surface area contributed by atoms with Gasteiger partial charge in [-0.25, -0.2) is 18.1 Å². The van der Waals surface area contributed by atoms with Crippen LogP contribution < -0.4 is 4.72 Å². The number of aromatic nitrogens is 3. The first-order chi connectivity index (χ1) is 11.5. The number of para-hydroxylation sites is 2. The van der Waals surface area contributed by atoms with E-state index in [0.717, 1.165) is 29.7 Å². The molecule has 0 bridgehead atoms. The summed E-state index contributed by atoms with van der Waals surface area (Å²) in [7, 11) is -3.70. The molecule has 0 amide bonds. The van der Waals surface area contributed by atoms with Crippen molar-refractivity contribution in [2.24, 2.45) is 0 Å². The molecule has 3 aromatic rings. The molecule has 4 rings (SSSR count). The van der Waals surface area contributed by atoms with Gasteiger partial charge in [0.15, 0.2) is 5.76 Å². The number of rotatable bonds is 5. The summed E-state index contributed by atoms with van der Waals surface area (Å²) in [6.07, 6.45) is 2.20. The minimum Gasteiger partial charge on any atom is -0.360 e. The van der Waals surface area contributed by atoms with Crippen molar-refractivity contribution in [2.45, 2.75) is 44.2 Å². The molecule has 2 heterocycles. The third kappa shape index (κ3) is 2.51. The Morgan fingerprint density at radius 3 is 2.71 bits per heavy atom. The third-order valence-corrected chi connectivity index (χ3v) is 5.88. The van der Waals surface area contributed by atoms with Crippen LogP contribution in [0, 0.1) is 13.8 Å². The van der Waals surface area contributed by atoms with E-state index in [0.29, 0.717) is 11.7 Å². The molecule has 0 spiro atoms. The van der Waals surface area contributed by atoms with Crippen LogP contribution in [-0.4, -0.2) is 23.1 Å². The highest BCUT2D eigenvalue weighted by Gasteiger charge is 2.29. The molecule has 0 aliphatic heterocycles. The lowest BCUT2D eigenvalue weighted by Gasteiger charge is -2.09.